The number of amides is 3. The van der Waals surface area contributed by atoms with E-state index in [2.05, 4.69) is 25.1 Å². The zero-order valence-electron chi connectivity index (χ0n) is 29.2. The third-order valence-electron chi connectivity index (χ3n) is 10.6. The fourth-order valence-electron chi connectivity index (χ4n) is 7.41. The van der Waals surface area contributed by atoms with Crippen molar-refractivity contribution < 1.29 is 19.5 Å². The van der Waals surface area contributed by atoms with E-state index < -0.39 is 0 Å². The van der Waals surface area contributed by atoms with Crippen LogP contribution in [0.5, 0.6) is 5.75 Å². The lowest BCUT2D eigenvalue weighted by atomic mass is 9.92. The maximum Gasteiger partial charge on any atom is 0.259 e. The summed E-state index contributed by atoms with van der Waals surface area (Å²) in [4.78, 5) is 47.8. The largest absolute Gasteiger partial charge is 0.508 e. The summed E-state index contributed by atoms with van der Waals surface area (Å²) in [6.45, 7) is 7.33. The van der Waals surface area contributed by atoms with Crippen LogP contribution in [0.3, 0.4) is 0 Å². The number of aromatic nitrogens is 1. The van der Waals surface area contributed by atoms with Crippen LogP contribution >= 0.6 is 0 Å². The van der Waals surface area contributed by atoms with E-state index in [9.17, 15) is 19.5 Å². The minimum Gasteiger partial charge on any atom is -0.508 e. The normalized spacial score (nSPS) is 15.7. The number of aromatic hydroxyl groups is 1. The number of hydrogen-bond acceptors (Lipinski definition) is 4. The molecule has 0 saturated heterocycles. The molecular weight excluding hydrogens is 624 g/mol. The van der Waals surface area contributed by atoms with Crippen molar-refractivity contribution in [3.63, 3.8) is 0 Å². The summed E-state index contributed by atoms with van der Waals surface area (Å²) in [5.74, 6) is -0.391. The maximum absolute atomic E-state index is 14.7. The molecule has 7 rings (SSSR count). The van der Waals surface area contributed by atoms with Gasteiger partial charge in [-0.3, -0.25) is 14.4 Å². The maximum atomic E-state index is 14.7. The highest BCUT2D eigenvalue weighted by Gasteiger charge is 2.34. The molecule has 3 heterocycles. The van der Waals surface area contributed by atoms with Gasteiger partial charge in [-0.25, -0.2) is 0 Å². The van der Waals surface area contributed by atoms with Gasteiger partial charge >= 0.3 is 0 Å². The molecule has 4 aromatic carbocycles. The molecule has 1 N–H and O–H groups in total. The van der Waals surface area contributed by atoms with E-state index in [0.717, 1.165) is 45.6 Å². The van der Waals surface area contributed by atoms with Gasteiger partial charge in [-0.2, -0.15) is 0 Å². The summed E-state index contributed by atoms with van der Waals surface area (Å²) in [5, 5.41) is 9.77. The summed E-state index contributed by atoms with van der Waals surface area (Å²) >= 11 is 0. The summed E-state index contributed by atoms with van der Waals surface area (Å²) < 4.78 is 1.97. The van der Waals surface area contributed by atoms with E-state index >= 15 is 0 Å². The standard InChI is InChI=1S/C42H42N4O4/c1-26-19-30-13-9-10-14-31(30)25-46(26)42(50)38-21-33-24-45(40(48)27(2)29-11-7-6-8-12-29)23-32(33)20-37(38)39-22-36(28(3)43(39)4)41(49)44(5)34-15-17-35(47)18-16-34/h6-18,20-22,26-27,47H,19,23-25H2,1-5H3/t26-,27-/m1/s1. The second-order valence-corrected chi connectivity index (χ2v) is 13.7. The van der Waals surface area contributed by atoms with Crippen molar-refractivity contribution in [2.45, 2.75) is 58.8 Å². The van der Waals surface area contributed by atoms with Gasteiger partial charge in [0, 0.05) is 68.0 Å². The highest BCUT2D eigenvalue weighted by Crippen LogP contribution is 2.37. The highest BCUT2D eigenvalue weighted by atomic mass is 16.3. The molecule has 0 aliphatic carbocycles. The van der Waals surface area contributed by atoms with Gasteiger partial charge < -0.3 is 24.4 Å². The Kier molecular flexibility index (Phi) is 8.56. The summed E-state index contributed by atoms with van der Waals surface area (Å²) in [6.07, 6.45) is 0.771. The molecule has 8 nitrogen and oxygen atoms in total. The lowest BCUT2D eigenvalue weighted by Gasteiger charge is -2.35. The Morgan fingerprint density at radius 3 is 2.14 bits per heavy atom. The van der Waals surface area contributed by atoms with Gasteiger partial charge in [0.1, 0.15) is 5.75 Å². The molecule has 0 radical (unpaired) electrons. The number of carbonyl (C=O) groups excluding carboxylic acids is 3. The first kappa shape index (κ1) is 32.9. The predicted octanol–water partition coefficient (Wildman–Crippen LogP) is 7.22. The van der Waals surface area contributed by atoms with Crippen LogP contribution in [-0.2, 0) is 37.9 Å². The number of rotatable bonds is 6. The molecule has 2 aliphatic rings. The van der Waals surface area contributed by atoms with E-state index in [1.807, 2.05) is 89.9 Å². The number of phenolic OH excluding ortho intramolecular Hbond substituents is 1. The molecule has 50 heavy (non-hydrogen) atoms. The number of phenols is 1. The molecule has 3 amide bonds. The second kappa shape index (κ2) is 13.0. The van der Waals surface area contributed by atoms with Crippen LogP contribution in [0.2, 0.25) is 0 Å². The van der Waals surface area contributed by atoms with Crippen LogP contribution in [0.1, 0.15) is 74.0 Å². The number of hydrogen-bond donors (Lipinski definition) is 1. The van der Waals surface area contributed by atoms with E-state index in [1.165, 1.54) is 5.56 Å². The molecule has 0 spiro atoms. The van der Waals surface area contributed by atoms with E-state index in [-0.39, 0.29) is 35.4 Å². The summed E-state index contributed by atoms with van der Waals surface area (Å²) in [7, 11) is 3.63. The SMILES string of the molecule is Cc1c(C(=O)N(C)c2ccc(O)cc2)cc(-c2cc3c(cc2C(=O)N2Cc4ccccc4C[C@H]2C)CN(C(=O)[C@H](C)c2ccccc2)C3)n1C. The summed E-state index contributed by atoms with van der Waals surface area (Å²) in [5.41, 5.74) is 9.33. The Balaban J connectivity index is 1.28. The second-order valence-electron chi connectivity index (χ2n) is 13.7. The molecule has 0 unspecified atom stereocenters. The monoisotopic (exact) mass is 666 g/mol. The Morgan fingerprint density at radius 1 is 0.800 bits per heavy atom. The van der Waals surface area contributed by atoms with Crippen LogP contribution in [0.15, 0.2) is 97.1 Å². The van der Waals surface area contributed by atoms with Crippen LogP contribution in [0, 0.1) is 6.92 Å². The third-order valence-corrected chi connectivity index (χ3v) is 10.6. The van der Waals surface area contributed by atoms with Crippen molar-refractivity contribution in [1.29, 1.82) is 0 Å². The fraction of sp³-hybridized carbons (Fsp3) is 0.262. The fourth-order valence-corrected chi connectivity index (χ4v) is 7.41. The van der Waals surface area contributed by atoms with Crippen LogP contribution in [-0.4, -0.2) is 50.3 Å². The topological polar surface area (TPSA) is 86.1 Å². The first-order chi connectivity index (χ1) is 24.0. The smallest absolute Gasteiger partial charge is 0.259 e. The van der Waals surface area contributed by atoms with Crippen molar-refractivity contribution >= 4 is 23.4 Å². The molecule has 0 fully saturated rings. The molecular formula is C42H42N4O4. The van der Waals surface area contributed by atoms with Crippen molar-refractivity contribution in [2.24, 2.45) is 7.05 Å². The number of carbonyl (C=O) groups is 3. The van der Waals surface area contributed by atoms with E-state index in [0.29, 0.717) is 36.4 Å². The van der Waals surface area contributed by atoms with Gasteiger partial charge in [-0.1, -0.05) is 54.6 Å². The minimum atomic E-state index is -0.296. The number of nitrogens with zero attached hydrogens (tertiary/aromatic N) is 4. The van der Waals surface area contributed by atoms with Crippen molar-refractivity contribution in [3.05, 3.63) is 142 Å². The Morgan fingerprint density at radius 2 is 1.44 bits per heavy atom. The molecule has 0 bridgehead atoms. The van der Waals surface area contributed by atoms with Gasteiger partial charge in [0.05, 0.1) is 11.5 Å². The lowest BCUT2D eigenvalue weighted by molar-refractivity contribution is -0.133. The molecule has 254 valence electrons. The Bertz CT molecular complexity index is 2120. The zero-order chi connectivity index (χ0) is 35.3. The minimum absolute atomic E-state index is 0.00505. The van der Waals surface area contributed by atoms with Gasteiger partial charge in [0.2, 0.25) is 5.91 Å². The van der Waals surface area contributed by atoms with Gasteiger partial charge in [0.15, 0.2) is 0 Å². The number of anilines is 1. The van der Waals surface area contributed by atoms with E-state index in [1.54, 1.807) is 36.2 Å². The quantitative estimate of drug-likeness (QED) is 0.208. The van der Waals surface area contributed by atoms with Gasteiger partial charge in [-0.05, 0) is 97.5 Å². The van der Waals surface area contributed by atoms with Crippen molar-refractivity contribution in [2.75, 3.05) is 11.9 Å². The average Bonchev–Trinajstić information content (AvgIpc) is 3.69. The highest BCUT2D eigenvalue weighted by molar-refractivity contribution is 6.08. The van der Waals surface area contributed by atoms with Gasteiger partial charge in [-0.15, -0.1) is 0 Å². The first-order valence-corrected chi connectivity index (χ1v) is 17.1. The van der Waals surface area contributed by atoms with Crippen molar-refractivity contribution in [3.8, 4) is 17.0 Å². The average molecular weight is 667 g/mol. The van der Waals surface area contributed by atoms with Crippen LogP contribution in [0.4, 0.5) is 5.69 Å². The van der Waals surface area contributed by atoms with E-state index in [4.69, 9.17) is 0 Å². The summed E-state index contributed by atoms with van der Waals surface area (Å²) in [6, 6.07) is 30.5. The Labute approximate surface area is 293 Å². The lowest BCUT2D eigenvalue weighted by Crippen LogP contribution is -2.42. The zero-order valence-corrected chi connectivity index (χ0v) is 29.2. The molecule has 8 heteroatoms. The van der Waals surface area contributed by atoms with Crippen molar-refractivity contribution in [1.82, 2.24) is 14.4 Å². The Hall–Kier alpha value is -5.63. The molecule has 2 aliphatic heterocycles. The first-order valence-electron chi connectivity index (χ1n) is 17.1. The molecule has 5 aromatic rings. The number of benzene rings is 4. The molecule has 1 aromatic heterocycles. The number of fused-ring (bicyclic) bond motifs is 2. The van der Waals surface area contributed by atoms with Crippen LogP contribution in [0.25, 0.3) is 11.3 Å². The predicted molar refractivity (Wildman–Crippen MR) is 195 cm³/mol. The van der Waals surface area contributed by atoms with Gasteiger partial charge in [0.25, 0.3) is 11.8 Å². The van der Waals surface area contributed by atoms with Crippen LogP contribution < -0.4 is 4.90 Å². The third kappa shape index (κ3) is 5.85. The molecule has 2 atom stereocenters. The molecule has 0 saturated carbocycles.